The van der Waals surface area contributed by atoms with Gasteiger partial charge in [0.1, 0.15) is 0 Å². The van der Waals surface area contributed by atoms with Gasteiger partial charge in [0.2, 0.25) is 5.91 Å². The van der Waals surface area contributed by atoms with Crippen molar-refractivity contribution in [3.05, 3.63) is 28.8 Å². The Bertz CT molecular complexity index is 698. The van der Waals surface area contributed by atoms with E-state index in [0.717, 1.165) is 6.42 Å². The topological polar surface area (TPSA) is 86.7 Å². The quantitative estimate of drug-likeness (QED) is 0.860. The van der Waals surface area contributed by atoms with Crippen LogP contribution in [-0.2, 0) is 9.59 Å². The number of halogens is 1. The lowest BCUT2D eigenvalue weighted by molar-refractivity contribution is -0.142. The number of carbonyl (C=O) groups excluding carboxylic acids is 2. The van der Waals surface area contributed by atoms with Crippen molar-refractivity contribution in [2.75, 3.05) is 11.4 Å². The number of aliphatic carboxylic acids is 1. The van der Waals surface area contributed by atoms with Gasteiger partial charge in [0.25, 0.3) is 5.91 Å². The Morgan fingerprint density at radius 1 is 1.20 bits per heavy atom. The summed E-state index contributed by atoms with van der Waals surface area (Å²) < 4.78 is 0. The number of anilines is 1. The van der Waals surface area contributed by atoms with E-state index in [1.165, 1.54) is 0 Å². The Morgan fingerprint density at radius 3 is 2.52 bits per heavy atom. The molecule has 1 aliphatic heterocycles. The smallest absolute Gasteiger partial charge is 0.306 e. The van der Waals surface area contributed by atoms with Gasteiger partial charge in [0, 0.05) is 24.7 Å². The zero-order valence-corrected chi connectivity index (χ0v) is 14.6. The Morgan fingerprint density at radius 2 is 1.92 bits per heavy atom. The first-order valence-electron chi connectivity index (χ1n) is 8.59. The third-order valence-electron chi connectivity index (χ3n) is 4.99. The minimum atomic E-state index is -0.768. The fraction of sp³-hybridized carbons (Fsp3) is 0.500. The second-order valence-electron chi connectivity index (χ2n) is 6.67. The Labute approximate surface area is 151 Å². The number of amides is 2. The van der Waals surface area contributed by atoms with E-state index >= 15 is 0 Å². The fourth-order valence-electron chi connectivity index (χ4n) is 3.52. The van der Waals surface area contributed by atoms with E-state index in [0.29, 0.717) is 54.9 Å². The van der Waals surface area contributed by atoms with Gasteiger partial charge in [-0.1, -0.05) is 11.6 Å². The van der Waals surface area contributed by atoms with E-state index in [1.807, 2.05) is 0 Å². The molecule has 2 N–H and O–H groups in total. The van der Waals surface area contributed by atoms with Gasteiger partial charge in [0.05, 0.1) is 16.5 Å². The normalized spacial score (nSPS) is 23.6. The molecule has 6 nitrogen and oxygen atoms in total. The van der Waals surface area contributed by atoms with Gasteiger partial charge < -0.3 is 15.3 Å². The summed E-state index contributed by atoms with van der Waals surface area (Å²) in [6.45, 7) is 0.653. The average Bonchev–Trinajstić information content (AvgIpc) is 3.02. The van der Waals surface area contributed by atoms with Crippen LogP contribution in [0.3, 0.4) is 0 Å². The van der Waals surface area contributed by atoms with Crippen molar-refractivity contribution < 1.29 is 19.5 Å². The van der Waals surface area contributed by atoms with Crippen LogP contribution in [0.1, 0.15) is 48.9 Å². The van der Waals surface area contributed by atoms with Gasteiger partial charge >= 0.3 is 5.97 Å². The van der Waals surface area contributed by atoms with Crippen LogP contribution in [0, 0.1) is 5.92 Å². The first-order chi connectivity index (χ1) is 12.0. The monoisotopic (exact) mass is 364 g/mol. The van der Waals surface area contributed by atoms with Gasteiger partial charge in [-0.3, -0.25) is 14.4 Å². The molecule has 1 aromatic carbocycles. The lowest BCUT2D eigenvalue weighted by atomic mass is 9.86. The molecule has 7 heteroatoms. The molecule has 25 heavy (non-hydrogen) atoms. The SMILES string of the molecule is O=C(NC1CCC(C(=O)O)CC1)c1cc(N2CCCC2=O)ccc1Cl. The summed E-state index contributed by atoms with van der Waals surface area (Å²) in [5, 5.41) is 12.3. The molecular weight excluding hydrogens is 344 g/mol. The summed E-state index contributed by atoms with van der Waals surface area (Å²) in [6, 6.07) is 5.00. The molecule has 2 fully saturated rings. The van der Waals surface area contributed by atoms with Crippen molar-refractivity contribution in [2.45, 2.75) is 44.6 Å². The Hall–Kier alpha value is -2.08. The highest BCUT2D eigenvalue weighted by atomic mass is 35.5. The maximum atomic E-state index is 12.6. The van der Waals surface area contributed by atoms with Crippen molar-refractivity contribution in [1.82, 2.24) is 5.32 Å². The minimum Gasteiger partial charge on any atom is -0.481 e. The van der Waals surface area contributed by atoms with E-state index in [1.54, 1.807) is 23.1 Å². The molecule has 0 atom stereocenters. The minimum absolute atomic E-state index is 0.0451. The zero-order chi connectivity index (χ0) is 18.0. The highest BCUT2D eigenvalue weighted by Crippen LogP contribution is 2.28. The van der Waals surface area contributed by atoms with E-state index < -0.39 is 5.97 Å². The van der Waals surface area contributed by atoms with Crippen LogP contribution in [0.5, 0.6) is 0 Å². The predicted molar refractivity (Wildman–Crippen MR) is 93.9 cm³/mol. The summed E-state index contributed by atoms with van der Waals surface area (Å²) in [4.78, 5) is 37.1. The van der Waals surface area contributed by atoms with Crippen LogP contribution in [0.4, 0.5) is 5.69 Å². The Kier molecular flexibility index (Phi) is 5.27. The number of carboxylic acid groups (broad SMARTS) is 1. The maximum absolute atomic E-state index is 12.6. The van der Waals surface area contributed by atoms with E-state index in [2.05, 4.69) is 5.32 Å². The maximum Gasteiger partial charge on any atom is 0.306 e. The van der Waals surface area contributed by atoms with E-state index in [9.17, 15) is 14.4 Å². The molecule has 1 aromatic rings. The van der Waals surface area contributed by atoms with Gasteiger partial charge in [0.15, 0.2) is 0 Å². The molecule has 0 bridgehead atoms. The standard InChI is InChI=1S/C18H21ClN2O4/c19-15-8-7-13(21-9-1-2-16(21)22)10-14(15)17(23)20-12-5-3-11(4-6-12)18(24)25/h7-8,10-12H,1-6,9H2,(H,20,23)(H,24,25). The van der Waals surface area contributed by atoms with Gasteiger partial charge in [-0.05, 0) is 50.3 Å². The lowest BCUT2D eigenvalue weighted by Crippen LogP contribution is -2.39. The molecule has 0 unspecified atom stereocenters. The second-order valence-corrected chi connectivity index (χ2v) is 7.08. The first kappa shape index (κ1) is 17.7. The average molecular weight is 365 g/mol. The van der Waals surface area contributed by atoms with Crippen LogP contribution in [-0.4, -0.2) is 35.5 Å². The Balaban J connectivity index is 1.68. The predicted octanol–water partition coefficient (Wildman–Crippen LogP) is 2.84. The largest absolute Gasteiger partial charge is 0.481 e. The zero-order valence-electron chi connectivity index (χ0n) is 13.8. The summed E-state index contributed by atoms with van der Waals surface area (Å²) in [6.07, 6.45) is 3.76. The van der Waals surface area contributed by atoms with Crippen LogP contribution < -0.4 is 10.2 Å². The number of hydrogen-bond donors (Lipinski definition) is 2. The molecule has 2 amide bonds. The second kappa shape index (κ2) is 7.44. The van der Waals surface area contributed by atoms with Crippen LogP contribution in [0.2, 0.25) is 5.02 Å². The van der Waals surface area contributed by atoms with Crippen LogP contribution >= 0.6 is 11.6 Å². The third-order valence-corrected chi connectivity index (χ3v) is 5.32. The number of benzene rings is 1. The molecule has 0 spiro atoms. The van der Waals surface area contributed by atoms with E-state index in [4.69, 9.17) is 16.7 Å². The highest BCUT2D eigenvalue weighted by molar-refractivity contribution is 6.34. The highest BCUT2D eigenvalue weighted by Gasteiger charge is 2.28. The van der Waals surface area contributed by atoms with Crippen molar-refractivity contribution in [3.8, 4) is 0 Å². The summed E-state index contributed by atoms with van der Waals surface area (Å²) in [5.41, 5.74) is 1.03. The molecule has 0 aromatic heterocycles. The molecule has 1 heterocycles. The van der Waals surface area contributed by atoms with Crippen molar-refractivity contribution in [3.63, 3.8) is 0 Å². The van der Waals surface area contributed by atoms with Crippen LogP contribution in [0.25, 0.3) is 0 Å². The molecular formula is C18H21ClN2O4. The van der Waals surface area contributed by atoms with Gasteiger partial charge in [-0.2, -0.15) is 0 Å². The number of carboxylic acids is 1. The number of carbonyl (C=O) groups is 3. The van der Waals surface area contributed by atoms with Crippen molar-refractivity contribution in [2.24, 2.45) is 5.92 Å². The summed E-state index contributed by atoms with van der Waals surface area (Å²) in [7, 11) is 0. The lowest BCUT2D eigenvalue weighted by Gasteiger charge is -2.27. The molecule has 134 valence electrons. The molecule has 2 aliphatic rings. The van der Waals surface area contributed by atoms with Crippen molar-refractivity contribution in [1.29, 1.82) is 0 Å². The number of rotatable bonds is 4. The van der Waals surface area contributed by atoms with E-state index in [-0.39, 0.29) is 23.8 Å². The fourth-order valence-corrected chi connectivity index (χ4v) is 3.73. The molecule has 1 saturated heterocycles. The van der Waals surface area contributed by atoms with Gasteiger partial charge in [-0.15, -0.1) is 0 Å². The number of nitrogens with zero attached hydrogens (tertiary/aromatic N) is 1. The summed E-state index contributed by atoms with van der Waals surface area (Å²) in [5.74, 6) is -1.31. The first-order valence-corrected chi connectivity index (χ1v) is 8.97. The molecule has 0 radical (unpaired) electrons. The summed E-state index contributed by atoms with van der Waals surface area (Å²) >= 11 is 6.17. The van der Waals surface area contributed by atoms with Crippen LogP contribution in [0.15, 0.2) is 18.2 Å². The molecule has 3 rings (SSSR count). The van der Waals surface area contributed by atoms with Gasteiger partial charge in [-0.25, -0.2) is 0 Å². The number of hydrogen-bond acceptors (Lipinski definition) is 3. The molecule has 1 aliphatic carbocycles. The third kappa shape index (κ3) is 3.95. The van der Waals surface area contributed by atoms with Crippen molar-refractivity contribution >= 4 is 35.1 Å². The molecule has 1 saturated carbocycles. The number of nitrogens with one attached hydrogen (secondary N) is 1.